The van der Waals surface area contributed by atoms with Crippen molar-refractivity contribution in [2.24, 2.45) is 0 Å². The van der Waals surface area contributed by atoms with Crippen LogP contribution in [0.3, 0.4) is 0 Å². The Balaban J connectivity index is 4.31. The lowest BCUT2D eigenvalue weighted by Crippen LogP contribution is -1.83. The van der Waals surface area contributed by atoms with Gasteiger partial charge in [-0.1, -0.05) is 6.58 Å². The van der Waals surface area contributed by atoms with Crippen LogP contribution in [0.2, 0.25) is 0 Å². The molecule has 0 spiro atoms. The van der Waals surface area contributed by atoms with E-state index in [2.05, 4.69) is 10.9 Å². The third kappa shape index (κ3) is 4.88. The van der Waals surface area contributed by atoms with Crippen molar-refractivity contribution in [1.29, 1.82) is 0 Å². The first-order valence-corrected chi connectivity index (χ1v) is 5.17. The Morgan fingerprint density at radius 2 is 1.70 bits per heavy atom. The van der Waals surface area contributed by atoms with E-state index in [1.807, 2.05) is 0 Å². The van der Waals surface area contributed by atoms with Gasteiger partial charge in [-0.15, -0.1) is 0 Å². The second-order valence-electron chi connectivity index (χ2n) is 1.32. The number of hydrogen-bond donors (Lipinski definition) is 3. The first-order chi connectivity index (χ1) is 4.27. The average molecular weight is 188 g/mol. The van der Waals surface area contributed by atoms with Crippen LogP contribution < -0.4 is 0 Å². The molecule has 0 aliphatic carbocycles. The molecule has 1 unspecified atom stereocenters. The predicted octanol–water partition coefficient (Wildman–Crippen LogP) is 0.425. The highest BCUT2D eigenvalue weighted by Gasteiger charge is 2.26. The fourth-order valence-corrected chi connectivity index (χ4v) is 1.67. The van der Waals surface area contributed by atoms with Crippen molar-refractivity contribution in [1.82, 2.24) is 0 Å². The van der Waals surface area contributed by atoms with Gasteiger partial charge in [0.05, 0.1) is 0 Å². The van der Waals surface area contributed by atoms with E-state index in [1.165, 1.54) is 0 Å². The monoisotopic (exact) mass is 188 g/mol. The molecule has 0 aromatic heterocycles. The summed E-state index contributed by atoms with van der Waals surface area (Å²) in [6.45, 7) is 2.84. The molecule has 0 aliphatic rings. The van der Waals surface area contributed by atoms with E-state index < -0.39 is 15.4 Å². The zero-order chi connectivity index (χ0) is 8.41. The number of phosphoric acid groups is 1. The maximum Gasteiger partial charge on any atom is 0.477 e. The molecule has 0 aromatic carbocycles. The molecular weight excluding hydrogens is 182 g/mol. The van der Waals surface area contributed by atoms with Gasteiger partial charge in [0, 0.05) is 5.82 Å². The lowest BCUT2D eigenvalue weighted by Gasteiger charge is -2.06. The van der Waals surface area contributed by atoms with Crippen molar-refractivity contribution in [3.05, 3.63) is 12.4 Å². The summed E-state index contributed by atoms with van der Waals surface area (Å²) in [6.07, 6.45) is 0. The van der Waals surface area contributed by atoms with Gasteiger partial charge in [-0.25, -0.2) is 8.88 Å². The zero-order valence-corrected chi connectivity index (χ0v) is 6.53. The van der Waals surface area contributed by atoms with Crippen molar-refractivity contribution in [2.75, 3.05) is 0 Å². The van der Waals surface area contributed by atoms with Crippen LogP contribution in [0.15, 0.2) is 12.4 Å². The Morgan fingerprint density at radius 3 is 1.80 bits per heavy atom. The molecule has 0 saturated heterocycles. The Labute approximate surface area is 56.9 Å². The molecule has 0 bridgehead atoms. The zero-order valence-electron chi connectivity index (χ0n) is 4.75. The molecule has 3 N–H and O–H groups in total. The molecule has 0 fully saturated rings. The predicted molar refractivity (Wildman–Crippen MR) is 33.2 cm³/mol. The molecule has 0 radical (unpaired) electrons. The van der Waals surface area contributed by atoms with Crippen LogP contribution in [0, 0.1) is 0 Å². The van der Waals surface area contributed by atoms with Crippen LogP contribution in [0.4, 0.5) is 0 Å². The third-order valence-electron chi connectivity index (χ3n) is 0.454. The minimum atomic E-state index is -4.89. The standard InChI is InChI=1S/C2H6O6P2/c1-2-9(3,4)8-10(5,6)7/h2H,1H2,(H,3,4)(H2,5,6,7). The summed E-state index contributed by atoms with van der Waals surface area (Å²) in [6, 6.07) is 0. The Morgan fingerprint density at radius 1 is 1.30 bits per heavy atom. The van der Waals surface area contributed by atoms with Crippen LogP contribution in [-0.2, 0) is 13.4 Å². The summed E-state index contributed by atoms with van der Waals surface area (Å²) in [5.74, 6) is 0.437. The minimum absolute atomic E-state index is 0.437. The molecule has 0 rings (SSSR count). The quantitative estimate of drug-likeness (QED) is 0.554. The Bertz CT molecular complexity index is 214. The van der Waals surface area contributed by atoms with Crippen molar-refractivity contribution in [3.8, 4) is 0 Å². The molecule has 6 nitrogen and oxygen atoms in total. The Hall–Kier alpha value is 0.0400. The molecule has 0 saturated carbocycles. The van der Waals surface area contributed by atoms with Crippen molar-refractivity contribution in [2.45, 2.75) is 0 Å². The highest BCUT2D eigenvalue weighted by Crippen LogP contribution is 2.57. The summed E-state index contributed by atoms with van der Waals surface area (Å²) >= 11 is 0. The molecule has 1 atom stereocenters. The average Bonchev–Trinajstić information content (AvgIpc) is 1.60. The van der Waals surface area contributed by atoms with Crippen molar-refractivity contribution >= 4 is 15.4 Å². The van der Waals surface area contributed by atoms with Gasteiger partial charge in [-0.2, -0.15) is 0 Å². The fraction of sp³-hybridized carbons (Fsp3) is 0. The molecule has 8 heteroatoms. The highest BCUT2D eigenvalue weighted by molar-refractivity contribution is 7.65. The molecular formula is C2H6O6P2. The topological polar surface area (TPSA) is 104 Å². The number of rotatable bonds is 3. The second-order valence-corrected chi connectivity index (χ2v) is 4.45. The van der Waals surface area contributed by atoms with Gasteiger partial charge >= 0.3 is 15.4 Å². The van der Waals surface area contributed by atoms with Crippen LogP contribution in [0.5, 0.6) is 0 Å². The van der Waals surface area contributed by atoms with E-state index in [0.29, 0.717) is 5.82 Å². The SMILES string of the molecule is C=CP(=O)(O)OP(=O)(O)O. The Kier molecular flexibility index (Phi) is 2.98. The normalized spacial score (nSPS) is 17.9. The van der Waals surface area contributed by atoms with Gasteiger partial charge in [0.2, 0.25) is 0 Å². The highest BCUT2D eigenvalue weighted by atomic mass is 31.3. The first-order valence-electron chi connectivity index (χ1n) is 2.00. The van der Waals surface area contributed by atoms with Gasteiger partial charge in [-0.3, -0.25) is 4.57 Å². The summed E-state index contributed by atoms with van der Waals surface area (Å²) in [7, 11) is -9.18. The van der Waals surface area contributed by atoms with E-state index in [1.54, 1.807) is 0 Å². The molecule has 10 heavy (non-hydrogen) atoms. The summed E-state index contributed by atoms with van der Waals surface area (Å²) in [4.78, 5) is 24.4. The van der Waals surface area contributed by atoms with Crippen LogP contribution >= 0.6 is 15.4 Å². The van der Waals surface area contributed by atoms with E-state index in [0.717, 1.165) is 0 Å². The summed E-state index contributed by atoms with van der Waals surface area (Å²) < 4.78 is 23.7. The van der Waals surface area contributed by atoms with Crippen LogP contribution in [-0.4, -0.2) is 14.7 Å². The van der Waals surface area contributed by atoms with Crippen LogP contribution in [0.1, 0.15) is 0 Å². The minimum Gasteiger partial charge on any atom is -0.321 e. The van der Waals surface area contributed by atoms with Crippen molar-refractivity contribution in [3.63, 3.8) is 0 Å². The lowest BCUT2D eigenvalue weighted by atomic mass is 11.3. The second kappa shape index (κ2) is 2.96. The smallest absolute Gasteiger partial charge is 0.321 e. The molecule has 0 aromatic rings. The summed E-state index contributed by atoms with van der Waals surface area (Å²) in [5, 5.41) is 0. The maximum absolute atomic E-state index is 10.3. The fourth-order valence-electron chi connectivity index (χ4n) is 0.186. The summed E-state index contributed by atoms with van der Waals surface area (Å²) in [5.41, 5.74) is 0. The largest absolute Gasteiger partial charge is 0.477 e. The molecule has 0 amide bonds. The first kappa shape index (κ1) is 10.0. The van der Waals surface area contributed by atoms with E-state index in [4.69, 9.17) is 14.7 Å². The van der Waals surface area contributed by atoms with Gasteiger partial charge in [-0.05, 0) is 0 Å². The molecule has 60 valence electrons. The third-order valence-corrected chi connectivity index (χ3v) is 2.70. The van der Waals surface area contributed by atoms with Crippen LogP contribution in [0.25, 0.3) is 0 Å². The van der Waals surface area contributed by atoms with Gasteiger partial charge in [0.25, 0.3) is 0 Å². The molecule has 0 heterocycles. The van der Waals surface area contributed by atoms with Gasteiger partial charge in [0.1, 0.15) is 0 Å². The van der Waals surface area contributed by atoms with Crippen molar-refractivity contribution < 1.29 is 28.1 Å². The van der Waals surface area contributed by atoms with Gasteiger partial charge < -0.3 is 14.7 Å². The lowest BCUT2D eigenvalue weighted by molar-refractivity contribution is 0.267. The van der Waals surface area contributed by atoms with E-state index >= 15 is 0 Å². The maximum atomic E-state index is 10.3. The van der Waals surface area contributed by atoms with Gasteiger partial charge in [0.15, 0.2) is 0 Å². The molecule has 0 aliphatic heterocycles. The van der Waals surface area contributed by atoms with E-state index in [-0.39, 0.29) is 0 Å². The number of hydrogen-bond acceptors (Lipinski definition) is 3. The van der Waals surface area contributed by atoms with E-state index in [9.17, 15) is 9.13 Å².